The molecule has 0 fully saturated rings. The summed E-state index contributed by atoms with van der Waals surface area (Å²) in [6.07, 6.45) is 1.74. The Hall–Kier alpha value is -3.12. The lowest BCUT2D eigenvalue weighted by atomic mass is 10.2. The monoisotopic (exact) mass is 409 g/mol. The van der Waals surface area contributed by atoms with E-state index in [1.54, 1.807) is 6.20 Å². The normalized spacial score (nSPS) is 10.1. The maximum atomic E-state index is 11.8. The standard InChI is InChI=1S/C22H25N3O3.C2H6/c1-3-25(16-24-21(26)15-27-4-2)18-9-7-10-19(14-18)28-22-20-11-6-5-8-17(20)12-13-23-22;1-2/h5-14H,3-4,15-16H2,1-2H3,(H,24,26);1-2H3. The van der Waals surface area contributed by atoms with Gasteiger partial charge in [-0.05, 0) is 43.5 Å². The second kappa shape index (κ2) is 12.4. The van der Waals surface area contributed by atoms with E-state index >= 15 is 0 Å². The number of hydrogen-bond acceptors (Lipinski definition) is 5. The molecule has 0 saturated heterocycles. The average molecular weight is 410 g/mol. The Labute approximate surface area is 178 Å². The first-order valence-corrected chi connectivity index (χ1v) is 10.4. The first kappa shape index (κ1) is 23.2. The zero-order valence-corrected chi connectivity index (χ0v) is 18.2. The van der Waals surface area contributed by atoms with Crippen molar-refractivity contribution in [1.29, 1.82) is 0 Å². The maximum Gasteiger partial charge on any atom is 0.247 e. The third-order valence-corrected chi connectivity index (χ3v) is 4.32. The first-order valence-electron chi connectivity index (χ1n) is 10.4. The molecule has 0 atom stereocenters. The number of carbonyl (C=O) groups excluding carboxylic acids is 1. The second-order valence-corrected chi connectivity index (χ2v) is 6.19. The Morgan fingerprint density at radius 1 is 1.07 bits per heavy atom. The van der Waals surface area contributed by atoms with Gasteiger partial charge in [0.15, 0.2) is 0 Å². The van der Waals surface area contributed by atoms with Crippen LogP contribution >= 0.6 is 0 Å². The fraction of sp³-hybridized carbons (Fsp3) is 0.333. The maximum absolute atomic E-state index is 11.8. The SMILES string of the molecule is CC.CCOCC(=O)NCN(CC)c1cccc(Oc2nccc3ccccc23)c1. The van der Waals surface area contributed by atoms with Crippen molar-refractivity contribution in [1.82, 2.24) is 10.3 Å². The molecule has 0 aliphatic rings. The van der Waals surface area contributed by atoms with E-state index in [9.17, 15) is 4.79 Å². The average Bonchev–Trinajstić information content (AvgIpc) is 2.80. The zero-order chi connectivity index (χ0) is 21.8. The van der Waals surface area contributed by atoms with E-state index in [1.807, 2.05) is 87.2 Å². The van der Waals surface area contributed by atoms with E-state index < -0.39 is 0 Å². The summed E-state index contributed by atoms with van der Waals surface area (Å²) in [5.74, 6) is 1.14. The summed E-state index contributed by atoms with van der Waals surface area (Å²) < 4.78 is 11.2. The number of benzene rings is 2. The van der Waals surface area contributed by atoms with Crippen molar-refractivity contribution in [2.75, 3.05) is 31.3 Å². The Balaban J connectivity index is 0.00000155. The summed E-state index contributed by atoms with van der Waals surface area (Å²) in [5, 5.41) is 4.91. The van der Waals surface area contributed by atoms with Crippen molar-refractivity contribution in [2.24, 2.45) is 0 Å². The van der Waals surface area contributed by atoms with E-state index in [1.165, 1.54) is 0 Å². The molecule has 0 bridgehead atoms. The minimum absolute atomic E-state index is 0.0734. The summed E-state index contributed by atoms with van der Waals surface area (Å²) in [5.41, 5.74) is 0.956. The number of ether oxygens (including phenoxy) is 2. The van der Waals surface area contributed by atoms with Crippen molar-refractivity contribution in [3.63, 3.8) is 0 Å². The highest BCUT2D eigenvalue weighted by Crippen LogP contribution is 2.29. The van der Waals surface area contributed by atoms with Gasteiger partial charge in [0.2, 0.25) is 11.8 Å². The fourth-order valence-corrected chi connectivity index (χ4v) is 2.84. The largest absolute Gasteiger partial charge is 0.438 e. The second-order valence-electron chi connectivity index (χ2n) is 6.19. The van der Waals surface area contributed by atoms with Gasteiger partial charge < -0.3 is 19.7 Å². The number of fused-ring (bicyclic) bond motifs is 1. The number of aromatic nitrogens is 1. The van der Waals surface area contributed by atoms with Crippen molar-refractivity contribution < 1.29 is 14.3 Å². The number of carbonyl (C=O) groups is 1. The van der Waals surface area contributed by atoms with E-state index in [0.29, 0.717) is 24.9 Å². The van der Waals surface area contributed by atoms with Crippen LogP contribution in [0.1, 0.15) is 27.7 Å². The van der Waals surface area contributed by atoms with Gasteiger partial charge in [-0.25, -0.2) is 4.98 Å². The van der Waals surface area contributed by atoms with Gasteiger partial charge >= 0.3 is 0 Å². The quantitative estimate of drug-likeness (QED) is 0.505. The van der Waals surface area contributed by atoms with Crippen LogP contribution in [-0.2, 0) is 9.53 Å². The van der Waals surface area contributed by atoms with Crippen molar-refractivity contribution in [3.8, 4) is 11.6 Å². The van der Waals surface area contributed by atoms with Gasteiger partial charge in [0.1, 0.15) is 12.4 Å². The molecule has 0 unspecified atom stereocenters. The molecule has 160 valence electrons. The number of nitrogens with one attached hydrogen (secondary N) is 1. The number of amides is 1. The van der Waals surface area contributed by atoms with Gasteiger partial charge in [-0.3, -0.25) is 4.79 Å². The lowest BCUT2D eigenvalue weighted by Gasteiger charge is -2.24. The molecule has 1 N–H and O–H groups in total. The number of nitrogens with zero attached hydrogens (tertiary/aromatic N) is 2. The van der Waals surface area contributed by atoms with Crippen molar-refractivity contribution in [2.45, 2.75) is 27.7 Å². The van der Waals surface area contributed by atoms with E-state index in [-0.39, 0.29) is 12.5 Å². The summed E-state index contributed by atoms with van der Waals surface area (Å²) in [7, 11) is 0. The molecule has 3 rings (SSSR count). The molecule has 0 aliphatic carbocycles. The van der Waals surface area contributed by atoms with Crippen LogP contribution in [0.5, 0.6) is 11.6 Å². The molecule has 3 aromatic rings. The Bertz CT molecular complexity index is 925. The van der Waals surface area contributed by atoms with Crippen LogP contribution in [0, 0.1) is 0 Å². The lowest BCUT2D eigenvalue weighted by molar-refractivity contribution is -0.125. The summed E-state index contributed by atoms with van der Waals surface area (Å²) in [6, 6.07) is 17.7. The van der Waals surface area contributed by atoms with Gasteiger partial charge in [0.25, 0.3) is 0 Å². The van der Waals surface area contributed by atoms with Crippen molar-refractivity contribution >= 4 is 22.4 Å². The molecule has 30 heavy (non-hydrogen) atoms. The highest BCUT2D eigenvalue weighted by molar-refractivity contribution is 5.86. The van der Waals surface area contributed by atoms with Crippen LogP contribution in [0.2, 0.25) is 0 Å². The molecule has 2 aromatic carbocycles. The summed E-state index contributed by atoms with van der Waals surface area (Å²) in [6.45, 7) is 9.64. The fourth-order valence-electron chi connectivity index (χ4n) is 2.84. The summed E-state index contributed by atoms with van der Waals surface area (Å²) in [4.78, 5) is 18.2. The highest BCUT2D eigenvalue weighted by atomic mass is 16.5. The lowest BCUT2D eigenvalue weighted by Crippen LogP contribution is -2.39. The van der Waals surface area contributed by atoms with Crippen LogP contribution in [0.3, 0.4) is 0 Å². The Morgan fingerprint density at radius 3 is 2.63 bits per heavy atom. The highest BCUT2D eigenvalue weighted by Gasteiger charge is 2.10. The molecule has 1 heterocycles. The molecular formula is C24H31N3O3. The number of rotatable bonds is 9. The Morgan fingerprint density at radius 2 is 1.87 bits per heavy atom. The van der Waals surface area contributed by atoms with Gasteiger partial charge in [0.05, 0.1) is 6.67 Å². The van der Waals surface area contributed by atoms with Crippen LogP contribution in [0.4, 0.5) is 5.69 Å². The number of pyridine rings is 1. The van der Waals surface area contributed by atoms with Gasteiger partial charge in [-0.15, -0.1) is 0 Å². The number of hydrogen-bond donors (Lipinski definition) is 1. The van der Waals surface area contributed by atoms with Crippen LogP contribution in [0.25, 0.3) is 10.8 Å². The van der Waals surface area contributed by atoms with Crippen LogP contribution in [0.15, 0.2) is 60.8 Å². The molecule has 0 radical (unpaired) electrons. The minimum atomic E-state index is -0.132. The molecule has 1 aromatic heterocycles. The molecule has 0 spiro atoms. The predicted molar refractivity (Wildman–Crippen MR) is 122 cm³/mol. The molecular weight excluding hydrogens is 378 g/mol. The number of anilines is 1. The predicted octanol–water partition coefficient (Wildman–Crippen LogP) is 4.99. The van der Waals surface area contributed by atoms with Crippen LogP contribution < -0.4 is 15.0 Å². The zero-order valence-electron chi connectivity index (χ0n) is 18.2. The summed E-state index contributed by atoms with van der Waals surface area (Å²) >= 11 is 0. The molecule has 6 heteroatoms. The smallest absolute Gasteiger partial charge is 0.247 e. The van der Waals surface area contributed by atoms with E-state index in [2.05, 4.69) is 10.3 Å². The van der Waals surface area contributed by atoms with Crippen LogP contribution in [-0.4, -0.2) is 37.3 Å². The first-order chi connectivity index (χ1) is 14.7. The third-order valence-electron chi connectivity index (χ3n) is 4.32. The van der Waals surface area contributed by atoms with Crippen molar-refractivity contribution in [3.05, 3.63) is 60.8 Å². The molecule has 0 saturated carbocycles. The topological polar surface area (TPSA) is 63.7 Å². The molecule has 1 amide bonds. The van der Waals surface area contributed by atoms with Gasteiger partial charge in [0, 0.05) is 36.5 Å². The third kappa shape index (κ3) is 6.46. The molecule has 0 aliphatic heterocycles. The minimum Gasteiger partial charge on any atom is -0.438 e. The van der Waals surface area contributed by atoms with Gasteiger partial charge in [-0.1, -0.05) is 38.1 Å². The van der Waals surface area contributed by atoms with Gasteiger partial charge in [-0.2, -0.15) is 0 Å². The van der Waals surface area contributed by atoms with E-state index in [0.717, 1.165) is 23.0 Å². The molecule has 6 nitrogen and oxygen atoms in total. The Kier molecular flexibility index (Phi) is 9.61. The van der Waals surface area contributed by atoms with E-state index in [4.69, 9.17) is 9.47 Å².